The maximum absolute atomic E-state index is 4.23. The summed E-state index contributed by atoms with van der Waals surface area (Å²) in [5, 5.41) is 3.35. The zero-order valence-electron chi connectivity index (χ0n) is 6.29. The Morgan fingerprint density at radius 3 is 3.27 bits per heavy atom. The Labute approximate surface area is 70.0 Å². The third-order valence-corrected chi connectivity index (χ3v) is 2.53. The van der Waals surface area contributed by atoms with Crippen LogP contribution in [0.1, 0.15) is 24.6 Å². The first-order valence-corrected chi connectivity index (χ1v) is 4.77. The summed E-state index contributed by atoms with van der Waals surface area (Å²) in [5.41, 5.74) is 1.81. The largest absolute Gasteiger partial charge is 0.316 e. The summed E-state index contributed by atoms with van der Waals surface area (Å²) in [6.45, 7) is 2.21. The van der Waals surface area contributed by atoms with Crippen LogP contribution in [-0.4, -0.2) is 22.4 Å². The summed E-state index contributed by atoms with van der Waals surface area (Å²) in [4.78, 5) is 4.21. The summed E-state index contributed by atoms with van der Waals surface area (Å²) in [7, 11) is 0. The standard InChI is InChI=1S/C7H11N3S/c1-2-6(4-8-3-1)7-9-5-11-10-7/h5-6,8H,1-4H2. The van der Waals surface area contributed by atoms with Crippen LogP contribution in [-0.2, 0) is 0 Å². The molecule has 1 aromatic heterocycles. The average Bonchev–Trinajstić information content (AvgIpc) is 2.58. The number of aromatic nitrogens is 2. The fourth-order valence-corrected chi connectivity index (χ4v) is 1.94. The van der Waals surface area contributed by atoms with Crippen LogP contribution < -0.4 is 5.32 Å². The van der Waals surface area contributed by atoms with E-state index >= 15 is 0 Å². The van der Waals surface area contributed by atoms with Crippen LogP contribution in [0.15, 0.2) is 5.51 Å². The molecule has 0 spiro atoms. The van der Waals surface area contributed by atoms with Crippen LogP contribution in [0.3, 0.4) is 0 Å². The van der Waals surface area contributed by atoms with Gasteiger partial charge in [-0.15, -0.1) is 0 Å². The van der Waals surface area contributed by atoms with Gasteiger partial charge in [0.25, 0.3) is 0 Å². The number of hydrogen-bond acceptors (Lipinski definition) is 4. The van der Waals surface area contributed by atoms with E-state index in [4.69, 9.17) is 0 Å². The highest BCUT2D eigenvalue weighted by atomic mass is 32.1. The number of nitrogens with zero attached hydrogens (tertiary/aromatic N) is 2. The number of hydrogen-bond donors (Lipinski definition) is 1. The highest BCUT2D eigenvalue weighted by molar-refractivity contribution is 7.03. The quantitative estimate of drug-likeness (QED) is 0.681. The second-order valence-corrected chi connectivity index (χ2v) is 3.44. The summed E-state index contributed by atoms with van der Waals surface area (Å²) in [6, 6.07) is 0. The molecule has 60 valence electrons. The molecule has 0 radical (unpaired) electrons. The molecular formula is C7H11N3S. The van der Waals surface area contributed by atoms with Gasteiger partial charge >= 0.3 is 0 Å². The zero-order valence-corrected chi connectivity index (χ0v) is 7.10. The molecule has 2 rings (SSSR count). The summed E-state index contributed by atoms with van der Waals surface area (Å²) >= 11 is 1.44. The maximum atomic E-state index is 4.23. The minimum Gasteiger partial charge on any atom is -0.316 e. The molecule has 0 aliphatic carbocycles. The molecule has 3 nitrogen and oxygen atoms in total. The highest BCUT2D eigenvalue weighted by Crippen LogP contribution is 2.19. The lowest BCUT2D eigenvalue weighted by Crippen LogP contribution is -2.28. The van der Waals surface area contributed by atoms with Crippen molar-refractivity contribution in [3.8, 4) is 0 Å². The molecule has 1 fully saturated rings. The van der Waals surface area contributed by atoms with Crippen molar-refractivity contribution in [2.45, 2.75) is 18.8 Å². The number of nitrogens with one attached hydrogen (secondary N) is 1. The zero-order chi connectivity index (χ0) is 7.52. The molecule has 0 amide bonds. The molecule has 0 aromatic carbocycles. The molecule has 1 saturated heterocycles. The highest BCUT2D eigenvalue weighted by Gasteiger charge is 2.17. The molecule has 2 heterocycles. The van der Waals surface area contributed by atoms with E-state index in [1.807, 2.05) is 5.51 Å². The van der Waals surface area contributed by atoms with Gasteiger partial charge in [0.2, 0.25) is 0 Å². The van der Waals surface area contributed by atoms with Crippen molar-refractivity contribution in [2.24, 2.45) is 0 Å². The van der Waals surface area contributed by atoms with Crippen LogP contribution in [0.4, 0.5) is 0 Å². The number of piperidine rings is 1. The Bertz CT molecular complexity index is 203. The van der Waals surface area contributed by atoms with Gasteiger partial charge in [-0.2, -0.15) is 4.37 Å². The second-order valence-electron chi connectivity index (χ2n) is 2.83. The first-order valence-electron chi connectivity index (χ1n) is 3.94. The van der Waals surface area contributed by atoms with Crippen LogP contribution in [0.5, 0.6) is 0 Å². The summed E-state index contributed by atoms with van der Waals surface area (Å²) in [6.07, 6.45) is 2.49. The molecular weight excluding hydrogens is 158 g/mol. The molecule has 11 heavy (non-hydrogen) atoms. The molecule has 1 N–H and O–H groups in total. The van der Waals surface area contributed by atoms with E-state index in [0.717, 1.165) is 18.9 Å². The van der Waals surface area contributed by atoms with E-state index in [9.17, 15) is 0 Å². The normalized spacial score (nSPS) is 25.3. The monoisotopic (exact) mass is 169 g/mol. The van der Waals surface area contributed by atoms with Gasteiger partial charge in [0.1, 0.15) is 11.3 Å². The lowest BCUT2D eigenvalue weighted by molar-refractivity contribution is 0.449. The molecule has 1 aromatic rings. The van der Waals surface area contributed by atoms with Crippen molar-refractivity contribution in [3.63, 3.8) is 0 Å². The van der Waals surface area contributed by atoms with Gasteiger partial charge in [-0.25, -0.2) is 4.98 Å². The SMILES string of the molecule is c1nc(C2CCCNC2)ns1. The summed E-state index contributed by atoms with van der Waals surface area (Å²) in [5.74, 6) is 1.59. The van der Waals surface area contributed by atoms with Gasteiger partial charge in [-0.3, -0.25) is 0 Å². The van der Waals surface area contributed by atoms with Crippen molar-refractivity contribution < 1.29 is 0 Å². The molecule has 1 aliphatic rings. The smallest absolute Gasteiger partial charge is 0.146 e. The molecule has 0 bridgehead atoms. The van der Waals surface area contributed by atoms with Crippen LogP contribution in [0, 0.1) is 0 Å². The van der Waals surface area contributed by atoms with Crippen LogP contribution in [0.25, 0.3) is 0 Å². The maximum Gasteiger partial charge on any atom is 0.146 e. The predicted molar refractivity (Wildman–Crippen MR) is 44.8 cm³/mol. The minimum absolute atomic E-state index is 0.565. The first kappa shape index (κ1) is 7.18. The van der Waals surface area contributed by atoms with Crippen molar-refractivity contribution in [1.82, 2.24) is 14.7 Å². The van der Waals surface area contributed by atoms with E-state index in [1.165, 1.54) is 24.4 Å². The fraction of sp³-hybridized carbons (Fsp3) is 0.714. The Morgan fingerprint density at radius 2 is 2.64 bits per heavy atom. The fourth-order valence-electron chi connectivity index (χ4n) is 1.43. The lowest BCUT2D eigenvalue weighted by Gasteiger charge is -2.19. The first-order chi connectivity index (χ1) is 5.47. The van der Waals surface area contributed by atoms with Gasteiger partial charge in [-0.1, -0.05) is 0 Å². The average molecular weight is 169 g/mol. The summed E-state index contributed by atoms with van der Waals surface area (Å²) < 4.78 is 4.23. The molecule has 1 unspecified atom stereocenters. The lowest BCUT2D eigenvalue weighted by atomic mass is 9.99. The molecule has 1 aliphatic heterocycles. The van der Waals surface area contributed by atoms with Crippen LogP contribution >= 0.6 is 11.5 Å². The number of rotatable bonds is 1. The molecule has 4 heteroatoms. The second kappa shape index (κ2) is 3.28. The third kappa shape index (κ3) is 1.57. The Morgan fingerprint density at radius 1 is 1.64 bits per heavy atom. The van der Waals surface area contributed by atoms with E-state index in [0.29, 0.717) is 5.92 Å². The van der Waals surface area contributed by atoms with Crippen molar-refractivity contribution in [2.75, 3.05) is 13.1 Å². The van der Waals surface area contributed by atoms with Crippen LogP contribution in [0.2, 0.25) is 0 Å². The minimum atomic E-state index is 0.565. The molecule has 1 atom stereocenters. The topological polar surface area (TPSA) is 37.8 Å². The molecule has 0 saturated carbocycles. The van der Waals surface area contributed by atoms with E-state index in [1.54, 1.807) is 0 Å². The van der Waals surface area contributed by atoms with Gasteiger partial charge in [0, 0.05) is 12.5 Å². The van der Waals surface area contributed by atoms with E-state index in [2.05, 4.69) is 14.7 Å². The Balaban J connectivity index is 2.04. The van der Waals surface area contributed by atoms with Crippen molar-refractivity contribution >= 4 is 11.5 Å². The Hall–Kier alpha value is -0.480. The van der Waals surface area contributed by atoms with Gasteiger partial charge in [0.15, 0.2) is 0 Å². The Kier molecular flexibility index (Phi) is 2.14. The van der Waals surface area contributed by atoms with Gasteiger partial charge in [-0.05, 0) is 30.9 Å². The van der Waals surface area contributed by atoms with E-state index in [-0.39, 0.29) is 0 Å². The third-order valence-electron chi connectivity index (χ3n) is 2.04. The van der Waals surface area contributed by atoms with Gasteiger partial charge in [0.05, 0.1) is 0 Å². The van der Waals surface area contributed by atoms with Gasteiger partial charge < -0.3 is 5.32 Å². The van der Waals surface area contributed by atoms with E-state index < -0.39 is 0 Å². The van der Waals surface area contributed by atoms with Crippen molar-refractivity contribution in [3.05, 3.63) is 11.3 Å². The van der Waals surface area contributed by atoms with Crippen molar-refractivity contribution in [1.29, 1.82) is 0 Å². The predicted octanol–water partition coefficient (Wildman–Crippen LogP) is 1.01.